The Morgan fingerprint density at radius 1 is 1.22 bits per heavy atom. The first-order chi connectivity index (χ1) is 10.9. The van der Waals surface area contributed by atoms with Gasteiger partial charge in [-0.2, -0.15) is 0 Å². The van der Waals surface area contributed by atoms with Crippen LogP contribution in [0.3, 0.4) is 0 Å². The highest BCUT2D eigenvalue weighted by atomic mass is 32.1. The molecule has 1 amide bonds. The number of ether oxygens (including phenoxy) is 2. The second kappa shape index (κ2) is 7.15. The van der Waals surface area contributed by atoms with Crippen LogP contribution in [-0.2, 0) is 11.2 Å². The molecule has 0 saturated carbocycles. The van der Waals surface area contributed by atoms with Crippen molar-refractivity contribution in [1.82, 2.24) is 0 Å². The van der Waals surface area contributed by atoms with Gasteiger partial charge < -0.3 is 19.9 Å². The van der Waals surface area contributed by atoms with Gasteiger partial charge in [0.1, 0.15) is 0 Å². The molecule has 1 heterocycles. The summed E-state index contributed by atoms with van der Waals surface area (Å²) in [5, 5.41) is 11.8. The molecule has 0 aliphatic rings. The molecule has 0 atom stereocenters. The molecular formula is C16H17NO5S. The number of amides is 1. The van der Waals surface area contributed by atoms with Crippen LogP contribution in [-0.4, -0.2) is 31.2 Å². The van der Waals surface area contributed by atoms with Gasteiger partial charge in [-0.05, 0) is 31.2 Å². The quantitative estimate of drug-likeness (QED) is 0.848. The molecule has 7 heteroatoms. The average molecular weight is 335 g/mol. The average Bonchev–Trinajstić information content (AvgIpc) is 2.91. The Hall–Kier alpha value is -2.54. The Bertz CT molecular complexity index is 738. The lowest BCUT2D eigenvalue weighted by atomic mass is 10.1. The third-order valence-electron chi connectivity index (χ3n) is 3.13. The molecule has 2 N–H and O–H groups in total. The number of aromatic carboxylic acids is 1. The summed E-state index contributed by atoms with van der Waals surface area (Å²) in [5.74, 6) is -0.840. The van der Waals surface area contributed by atoms with Crippen LogP contribution >= 0.6 is 11.3 Å². The third kappa shape index (κ3) is 4.01. The van der Waals surface area contributed by atoms with E-state index in [4.69, 9.17) is 14.6 Å². The molecule has 0 aliphatic carbocycles. The summed E-state index contributed by atoms with van der Waals surface area (Å²) in [4.78, 5) is 25.4. The summed E-state index contributed by atoms with van der Waals surface area (Å²) in [7, 11) is 2.83. The van der Waals surface area contributed by atoms with Gasteiger partial charge in [0.25, 0.3) is 0 Å². The Balaban J connectivity index is 2.27. The molecule has 2 aromatic rings. The SMILES string of the molecule is COc1cc(C(=O)O)cc(NC(=O)Cc2ccc(C)s2)c1OC. The van der Waals surface area contributed by atoms with Crippen LogP contribution in [0.1, 0.15) is 20.1 Å². The minimum Gasteiger partial charge on any atom is -0.493 e. The summed E-state index contributed by atoms with van der Waals surface area (Å²) >= 11 is 1.54. The van der Waals surface area contributed by atoms with E-state index in [0.29, 0.717) is 0 Å². The van der Waals surface area contributed by atoms with Gasteiger partial charge in [0.2, 0.25) is 5.91 Å². The van der Waals surface area contributed by atoms with Gasteiger partial charge in [0.15, 0.2) is 11.5 Å². The van der Waals surface area contributed by atoms with Gasteiger partial charge in [-0.1, -0.05) is 0 Å². The van der Waals surface area contributed by atoms with E-state index in [-0.39, 0.29) is 35.1 Å². The van der Waals surface area contributed by atoms with Crippen molar-refractivity contribution >= 4 is 28.9 Å². The van der Waals surface area contributed by atoms with Crippen molar-refractivity contribution in [3.8, 4) is 11.5 Å². The molecule has 122 valence electrons. The number of anilines is 1. The van der Waals surface area contributed by atoms with Gasteiger partial charge in [0, 0.05) is 9.75 Å². The third-order valence-corrected chi connectivity index (χ3v) is 4.13. The van der Waals surface area contributed by atoms with Crippen molar-refractivity contribution < 1.29 is 24.2 Å². The second-order valence-electron chi connectivity index (χ2n) is 4.80. The summed E-state index contributed by atoms with van der Waals surface area (Å²) < 4.78 is 10.4. The number of carboxylic acid groups (broad SMARTS) is 1. The number of rotatable bonds is 6. The topological polar surface area (TPSA) is 84.9 Å². The zero-order chi connectivity index (χ0) is 17.0. The lowest BCUT2D eigenvalue weighted by molar-refractivity contribution is -0.115. The predicted octanol–water partition coefficient (Wildman–Crippen LogP) is 2.95. The smallest absolute Gasteiger partial charge is 0.335 e. The number of hydrogen-bond acceptors (Lipinski definition) is 5. The van der Waals surface area contributed by atoms with Crippen LogP contribution < -0.4 is 14.8 Å². The molecule has 0 saturated heterocycles. The van der Waals surface area contributed by atoms with Crippen LogP contribution in [0.5, 0.6) is 11.5 Å². The maximum atomic E-state index is 12.2. The molecule has 0 fully saturated rings. The fraction of sp³-hybridized carbons (Fsp3) is 0.250. The largest absolute Gasteiger partial charge is 0.493 e. The van der Waals surface area contributed by atoms with Gasteiger partial charge in [-0.25, -0.2) is 4.79 Å². The highest BCUT2D eigenvalue weighted by Crippen LogP contribution is 2.36. The molecule has 23 heavy (non-hydrogen) atoms. The number of nitrogens with one attached hydrogen (secondary N) is 1. The number of carbonyl (C=O) groups excluding carboxylic acids is 1. The van der Waals surface area contributed by atoms with Crippen LogP contribution in [0.2, 0.25) is 0 Å². The summed E-state index contributed by atoms with van der Waals surface area (Å²) in [6, 6.07) is 6.54. The summed E-state index contributed by atoms with van der Waals surface area (Å²) in [5.41, 5.74) is 0.271. The fourth-order valence-corrected chi connectivity index (χ4v) is 3.00. The van der Waals surface area contributed by atoms with Crippen LogP contribution in [0, 0.1) is 6.92 Å². The Morgan fingerprint density at radius 3 is 2.48 bits per heavy atom. The molecule has 1 aromatic heterocycles. The molecule has 6 nitrogen and oxygen atoms in total. The van der Waals surface area contributed by atoms with Gasteiger partial charge in [0.05, 0.1) is 31.9 Å². The maximum absolute atomic E-state index is 12.2. The normalized spacial score (nSPS) is 10.2. The van der Waals surface area contributed by atoms with Crippen LogP contribution in [0.15, 0.2) is 24.3 Å². The number of aryl methyl sites for hydroxylation is 1. The van der Waals surface area contributed by atoms with Crippen molar-refractivity contribution in [2.75, 3.05) is 19.5 Å². The lowest BCUT2D eigenvalue weighted by Crippen LogP contribution is -2.15. The molecule has 0 aliphatic heterocycles. The first kappa shape index (κ1) is 16.8. The number of benzene rings is 1. The zero-order valence-corrected chi connectivity index (χ0v) is 13.8. The molecule has 1 aromatic carbocycles. The minimum absolute atomic E-state index is 0.00455. The molecule has 2 rings (SSSR count). The number of thiophene rings is 1. The van der Waals surface area contributed by atoms with E-state index in [2.05, 4.69) is 5.32 Å². The van der Waals surface area contributed by atoms with E-state index in [1.54, 1.807) is 11.3 Å². The van der Waals surface area contributed by atoms with E-state index in [1.165, 1.54) is 26.4 Å². The standard InChI is InChI=1S/C16H17NO5S/c1-9-4-5-11(23-9)8-14(18)17-12-6-10(16(19)20)7-13(21-2)15(12)22-3/h4-7H,8H2,1-3H3,(H,17,18)(H,19,20). The maximum Gasteiger partial charge on any atom is 0.335 e. The molecule has 0 unspecified atom stereocenters. The van der Waals surface area contributed by atoms with Crippen LogP contribution in [0.4, 0.5) is 5.69 Å². The van der Waals surface area contributed by atoms with Crippen molar-refractivity contribution in [2.24, 2.45) is 0 Å². The van der Waals surface area contributed by atoms with Crippen molar-refractivity contribution in [2.45, 2.75) is 13.3 Å². The molecule has 0 bridgehead atoms. The van der Waals surface area contributed by atoms with Gasteiger partial charge >= 0.3 is 5.97 Å². The van der Waals surface area contributed by atoms with E-state index in [0.717, 1.165) is 9.75 Å². The number of hydrogen-bond donors (Lipinski definition) is 2. The molecular weight excluding hydrogens is 318 g/mol. The lowest BCUT2D eigenvalue weighted by Gasteiger charge is -2.14. The Labute approximate surface area is 137 Å². The first-order valence-electron chi connectivity index (χ1n) is 6.79. The number of methoxy groups -OCH3 is 2. The monoisotopic (exact) mass is 335 g/mol. The van der Waals surface area contributed by atoms with Crippen LogP contribution in [0.25, 0.3) is 0 Å². The van der Waals surface area contributed by atoms with Crippen molar-refractivity contribution in [3.63, 3.8) is 0 Å². The number of carbonyl (C=O) groups is 2. The van der Waals surface area contributed by atoms with E-state index < -0.39 is 5.97 Å². The highest BCUT2D eigenvalue weighted by molar-refractivity contribution is 7.12. The van der Waals surface area contributed by atoms with E-state index in [1.807, 2.05) is 19.1 Å². The van der Waals surface area contributed by atoms with Crippen molar-refractivity contribution in [1.29, 1.82) is 0 Å². The highest BCUT2D eigenvalue weighted by Gasteiger charge is 2.18. The predicted molar refractivity (Wildman–Crippen MR) is 87.9 cm³/mol. The second-order valence-corrected chi connectivity index (χ2v) is 6.17. The summed E-state index contributed by atoms with van der Waals surface area (Å²) in [6.45, 7) is 1.97. The zero-order valence-electron chi connectivity index (χ0n) is 13.0. The summed E-state index contributed by atoms with van der Waals surface area (Å²) in [6.07, 6.45) is 0.210. The van der Waals surface area contributed by atoms with Gasteiger partial charge in [-0.15, -0.1) is 11.3 Å². The Morgan fingerprint density at radius 2 is 1.96 bits per heavy atom. The first-order valence-corrected chi connectivity index (χ1v) is 7.60. The van der Waals surface area contributed by atoms with Gasteiger partial charge in [-0.3, -0.25) is 4.79 Å². The minimum atomic E-state index is -1.12. The molecule has 0 spiro atoms. The molecule has 0 radical (unpaired) electrons. The Kier molecular flexibility index (Phi) is 5.23. The van der Waals surface area contributed by atoms with E-state index in [9.17, 15) is 9.59 Å². The van der Waals surface area contributed by atoms with E-state index >= 15 is 0 Å². The number of carboxylic acids is 1. The fourth-order valence-electron chi connectivity index (χ4n) is 2.11. The van der Waals surface area contributed by atoms with Crippen molar-refractivity contribution in [3.05, 3.63) is 39.6 Å².